The summed E-state index contributed by atoms with van der Waals surface area (Å²) < 4.78 is 32.6. The Hall–Kier alpha value is -2.38. The Balaban J connectivity index is 1.90. The SMILES string of the molecule is CC(=O)Nc1ccc(S(=O)(=O)NCCOc2cc(C)ccc2C)cc1. The summed E-state index contributed by atoms with van der Waals surface area (Å²) in [5.41, 5.74) is 2.63. The molecular weight excluding hydrogens is 340 g/mol. The van der Waals surface area contributed by atoms with Crippen molar-refractivity contribution in [3.05, 3.63) is 53.6 Å². The molecule has 134 valence electrons. The van der Waals surface area contributed by atoms with Crippen LogP contribution < -0.4 is 14.8 Å². The number of nitrogens with one attached hydrogen (secondary N) is 2. The van der Waals surface area contributed by atoms with Gasteiger partial charge in [-0.25, -0.2) is 13.1 Å². The van der Waals surface area contributed by atoms with Crippen molar-refractivity contribution in [2.45, 2.75) is 25.7 Å². The van der Waals surface area contributed by atoms with Crippen molar-refractivity contribution in [2.24, 2.45) is 0 Å². The van der Waals surface area contributed by atoms with E-state index in [1.165, 1.54) is 19.1 Å². The van der Waals surface area contributed by atoms with Crippen molar-refractivity contribution >= 4 is 21.6 Å². The zero-order valence-electron chi connectivity index (χ0n) is 14.5. The molecule has 0 atom stereocenters. The van der Waals surface area contributed by atoms with Crippen molar-refractivity contribution in [1.29, 1.82) is 0 Å². The molecule has 6 nitrogen and oxygen atoms in total. The van der Waals surface area contributed by atoms with E-state index in [2.05, 4.69) is 10.0 Å². The number of ether oxygens (including phenoxy) is 1. The van der Waals surface area contributed by atoms with Gasteiger partial charge in [0, 0.05) is 19.2 Å². The second-order valence-electron chi connectivity index (χ2n) is 5.72. The van der Waals surface area contributed by atoms with Crippen LogP contribution in [0, 0.1) is 13.8 Å². The van der Waals surface area contributed by atoms with E-state index in [0.29, 0.717) is 5.69 Å². The predicted octanol–water partition coefficient (Wildman–Crippen LogP) is 2.62. The lowest BCUT2D eigenvalue weighted by Crippen LogP contribution is -2.28. The zero-order valence-corrected chi connectivity index (χ0v) is 15.3. The fraction of sp³-hybridized carbons (Fsp3) is 0.278. The molecule has 2 rings (SSSR count). The summed E-state index contributed by atoms with van der Waals surface area (Å²) in [5, 5.41) is 2.59. The lowest BCUT2D eigenvalue weighted by Gasteiger charge is -2.11. The number of aryl methyl sites for hydroxylation is 2. The van der Waals surface area contributed by atoms with Crippen molar-refractivity contribution in [1.82, 2.24) is 4.72 Å². The highest BCUT2D eigenvalue weighted by molar-refractivity contribution is 7.89. The maximum Gasteiger partial charge on any atom is 0.240 e. The summed E-state index contributed by atoms with van der Waals surface area (Å²) >= 11 is 0. The number of benzene rings is 2. The molecule has 1 amide bonds. The molecule has 2 N–H and O–H groups in total. The van der Waals surface area contributed by atoms with Gasteiger partial charge in [0.25, 0.3) is 0 Å². The van der Waals surface area contributed by atoms with Gasteiger partial charge in [0.15, 0.2) is 0 Å². The van der Waals surface area contributed by atoms with E-state index in [1.807, 2.05) is 32.0 Å². The maximum absolute atomic E-state index is 12.2. The highest BCUT2D eigenvalue weighted by atomic mass is 32.2. The number of hydrogen-bond donors (Lipinski definition) is 2. The molecule has 0 fully saturated rings. The highest BCUT2D eigenvalue weighted by Crippen LogP contribution is 2.19. The summed E-state index contributed by atoms with van der Waals surface area (Å²) in [6.07, 6.45) is 0. The molecule has 25 heavy (non-hydrogen) atoms. The fourth-order valence-corrected chi connectivity index (χ4v) is 3.22. The normalized spacial score (nSPS) is 11.2. The van der Waals surface area contributed by atoms with E-state index >= 15 is 0 Å². The van der Waals surface area contributed by atoms with Crippen LogP contribution in [-0.4, -0.2) is 27.5 Å². The van der Waals surface area contributed by atoms with Gasteiger partial charge in [0.1, 0.15) is 12.4 Å². The van der Waals surface area contributed by atoms with Gasteiger partial charge in [-0.05, 0) is 55.3 Å². The Morgan fingerprint density at radius 1 is 1.08 bits per heavy atom. The molecule has 0 radical (unpaired) electrons. The summed E-state index contributed by atoms with van der Waals surface area (Å²) in [5.74, 6) is 0.538. The lowest BCUT2D eigenvalue weighted by atomic mass is 10.1. The van der Waals surface area contributed by atoms with Crippen LogP contribution in [0.1, 0.15) is 18.1 Å². The van der Waals surface area contributed by atoms with Crippen LogP contribution in [-0.2, 0) is 14.8 Å². The van der Waals surface area contributed by atoms with Gasteiger partial charge < -0.3 is 10.1 Å². The predicted molar refractivity (Wildman–Crippen MR) is 97.3 cm³/mol. The standard InChI is InChI=1S/C18H22N2O4S/c1-13-4-5-14(2)18(12-13)24-11-10-19-25(22,23)17-8-6-16(7-9-17)20-15(3)21/h4-9,12,19H,10-11H2,1-3H3,(H,20,21). The molecule has 0 aliphatic carbocycles. The van der Waals surface area contributed by atoms with E-state index in [4.69, 9.17) is 4.74 Å². The van der Waals surface area contributed by atoms with Crippen LogP contribution in [0.5, 0.6) is 5.75 Å². The third-order valence-corrected chi connectivity index (χ3v) is 4.96. The van der Waals surface area contributed by atoms with E-state index in [9.17, 15) is 13.2 Å². The monoisotopic (exact) mass is 362 g/mol. The minimum Gasteiger partial charge on any atom is -0.492 e. The van der Waals surface area contributed by atoms with Gasteiger partial charge in [-0.3, -0.25) is 4.79 Å². The highest BCUT2D eigenvalue weighted by Gasteiger charge is 2.13. The van der Waals surface area contributed by atoms with Gasteiger partial charge in [-0.1, -0.05) is 12.1 Å². The third-order valence-electron chi connectivity index (χ3n) is 3.48. The van der Waals surface area contributed by atoms with Crippen LogP contribution >= 0.6 is 0 Å². The van der Waals surface area contributed by atoms with Gasteiger partial charge in [-0.2, -0.15) is 0 Å². The lowest BCUT2D eigenvalue weighted by molar-refractivity contribution is -0.114. The summed E-state index contributed by atoms with van der Waals surface area (Å²) in [7, 11) is -3.62. The Morgan fingerprint density at radius 2 is 1.76 bits per heavy atom. The van der Waals surface area contributed by atoms with Crippen LogP contribution in [0.2, 0.25) is 0 Å². The first-order valence-corrected chi connectivity index (χ1v) is 9.33. The first-order valence-electron chi connectivity index (χ1n) is 7.85. The molecule has 0 aliphatic rings. The number of carbonyl (C=O) groups is 1. The summed E-state index contributed by atoms with van der Waals surface area (Å²) in [6.45, 7) is 5.69. The molecule has 0 spiro atoms. The first kappa shape index (κ1) is 19.0. The minimum atomic E-state index is -3.62. The summed E-state index contributed by atoms with van der Waals surface area (Å²) in [6, 6.07) is 11.9. The number of anilines is 1. The van der Waals surface area contributed by atoms with Crippen LogP contribution in [0.4, 0.5) is 5.69 Å². The quantitative estimate of drug-likeness (QED) is 0.742. The molecule has 0 aromatic heterocycles. The third kappa shape index (κ3) is 5.58. The Labute approximate surface area is 148 Å². The topological polar surface area (TPSA) is 84.5 Å². The second kappa shape index (κ2) is 8.13. The Bertz CT molecular complexity index is 846. The van der Waals surface area contributed by atoms with Gasteiger partial charge in [0.2, 0.25) is 15.9 Å². The summed E-state index contributed by atoms with van der Waals surface area (Å²) in [4.78, 5) is 11.1. The maximum atomic E-state index is 12.2. The number of carbonyl (C=O) groups excluding carboxylic acids is 1. The smallest absolute Gasteiger partial charge is 0.240 e. The molecule has 0 unspecified atom stereocenters. The number of sulfonamides is 1. The van der Waals surface area contributed by atoms with E-state index < -0.39 is 10.0 Å². The molecular formula is C18H22N2O4S. The van der Waals surface area contributed by atoms with Crippen LogP contribution in [0.3, 0.4) is 0 Å². The molecule has 2 aromatic rings. The van der Waals surface area contributed by atoms with Gasteiger partial charge in [-0.15, -0.1) is 0 Å². The van der Waals surface area contributed by atoms with Crippen molar-refractivity contribution in [2.75, 3.05) is 18.5 Å². The average molecular weight is 362 g/mol. The molecule has 0 saturated heterocycles. The van der Waals surface area contributed by atoms with Crippen molar-refractivity contribution in [3.8, 4) is 5.75 Å². The fourth-order valence-electron chi connectivity index (χ4n) is 2.20. The van der Waals surface area contributed by atoms with Gasteiger partial charge in [0.05, 0.1) is 4.90 Å². The first-order chi connectivity index (χ1) is 11.8. The molecule has 0 saturated carbocycles. The molecule has 0 aliphatic heterocycles. The Morgan fingerprint density at radius 3 is 2.40 bits per heavy atom. The number of amides is 1. The number of hydrogen-bond acceptors (Lipinski definition) is 4. The van der Waals surface area contributed by atoms with Gasteiger partial charge >= 0.3 is 0 Å². The second-order valence-corrected chi connectivity index (χ2v) is 7.49. The van der Waals surface area contributed by atoms with Crippen molar-refractivity contribution < 1.29 is 17.9 Å². The zero-order chi connectivity index (χ0) is 18.4. The van der Waals surface area contributed by atoms with E-state index in [-0.39, 0.29) is 24.0 Å². The molecule has 0 bridgehead atoms. The molecule has 0 heterocycles. The van der Waals surface area contributed by atoms with E-state index in [0.717, 1.165) is 16.9 Å². The molecule has 2 aromatic carbocycles. The average Bonchev–Trinajstić information content (AvgIpc) is 2.54. The van der Waals surface area contributed by atoms with Crippen LogP contribution in [0.25, 0.3) is 0 Å². The molecule has 7 heteroatoms. The Kier molecular flexibility index (Phi) is 6.17. The van der Waals surface area contributed by atoms with Crippen molar-refractivity contribution in [3.63, 3.8) is 0 Å². The van der Waals surface area contributed by atoms with E-state index in [1.54, 1.807) is 12.1 Å². The number of rotatable bonds is 7. The van der Waals surface area contributed by atoms with Crippen LogP contribution in [0.15, 0.2) is 47.4 Å². The largest absolute Gasteiger partial charge is 0.492 e. The minimum absolute atomic E-state index is 0.133.